The van der Waals surface area contributed by atoms with E-state index < -0.39 is 17.9 Å². The fourth-order valence-corrected chi connectivity index (χ4v) is 0.304. The second-order valence-corrected chi connectivity index (χ2v) is 2.19. The van der Waals surface area contributed by atoms with Gasteiger partial charge in [0.2, 0.25) is 5.91 Å². The predicted octanol–water partition coefficient (Wildman–Crippen LogP) is -2.82. The van der Waals surface area contributed by atoms with E-state index in [0.717, 1.165) is 0 Å². The van der Waals surface area contributed by atoms with Crippen molar-refractivity contribution >= 4 is 11.9 Å². The highest BCUT2D eigenvalue weighted by Crippen LogP contribution is 1.84. The van der Waals surface area contributed by atoms with Crippen LogP contribution < -0.4 is 22.9 Å². The second kappa shape index (κ2) is 8.91. The van der Waals surface area contributed by atoms with Crippen LogP contribution in [0.5, 0.6) is 0 Å². The Morgan fingerprint density at radius 3 is 1.69 bits per heavy atom. The summed E-state index contributed by atoms with van der Waals surface area (Å²) in [4.78, 5) is 19.9. The van der Waals surface area contributed by atoms with Crippen LogP contribution in [0.4, 0.5) is 0 Å². The highest BCUT2D eigenvalue weighted by molar-refractivity contribution is 5.82. The van der Waals surface area contributed by atoms with Crippen LogP contribution in [0.1, 0.15) is 6.42 Å². The van der Waals surface area contributed by atoms with E-state index in [2.05, 4.69) is 5.73 Å². The molecule has 9 N–H and O–H groups in total. The third-order valence-electron chi connectivity index (χ3n) is 0.905. The lowest BCUT2D eigenvalue weighted by atomic mass is 10.2. The molecule has 0 spiro atoms. The smallest absolute Gasteiger partial charge is 0.321 e. The van der Waals surface area contributed by atoms with Gasteiger partial charge in [-0.05, 0) is 0 Å². The number of aliphatic carboxylic acids is 1. The lowest BCUT2D eigenvalue weighted by Crippen LogP contribution is -2.34. The Morgan fingerprint density at radius 2 is 1.62 bits per heavy atom. The summed E-state index contributed by atoms with van der Waals surface area (Å²) >= 11 is 0. The number of primary amides is 1. The van der Waals surface area contributed by atoms with Crippen LogP contribution in [-0.2, 0) is 9.59 Å². The second-order valence-electron chi connectivity index (χ2n) is 2.19. The van der Waals surface area contributed by atoms with Crippen LogP contribution in [0.25, 0.3) is 0 Å². The summed E-state index contributed by atoms with van der Waals surface area (Å²) < 4.78 is 0. The summed E-state index contributed by atoms with van der Waals surface area (Å²) in [5.41, 5.74) is 19.4. The van der Waals surface area contributed by atoms with Crippen LogP contribution in [-0.4, -0.2) is 36.1 Å². The molecule has 0 aliphatic rings. The molecule has 0 radical (unpaired) electrons. The first kappa shape index (κ1) is 14.3. The first-order valence-electron chi connectivity index (χ1n) is 3.62. The molecule has 0 heterocycles. The Hall–Kier alpha value is -1.18. The first-order chi connectivity index (χ1) is 5.95. The van der Waals surface area contributed by atoms with Gasteiger partial charge < -0.3 is 28.0 Å². The topological polar surface area (TPSA) is 158 Å². The number of carbonyl (C=O) groups is 2. The number of carboxylic acid groups (broad SMARTS) is 1. The highest BCUT2D eigenvalue weighted by Gasteiger charge is 2.13. The van der Waals surface area contributed by atoms with E-state index in [1.54, 1.807) is 0 Å². The number of carbonyl (C=O) groups excluding carboxylic acids is 1. The van der Waals surface area contributed by atoms with Crippen molar-refractivity contribution in [2.45, 2.75) is 12.5 Å². The Bertz CT molecular complexity index is 160. The van der Waals surface area contributed by atoms with Crippen molar-refractivity contribution in [1.82, 2.24) is 0 Å². The van der Waals surface area contributed by atoms with Crippen molar-refractivity contribution < 1.29 is 14.7 Å². The molecule has 78 valence electrons. The third kappa shape index (κ3) is 13.8. The SMILES string of the molecule is NC(=O)CC(N)C(=O)O.NCCN. The van der Waals surface area contributed by atoms with Gasteiger partial charge in [0.15, 0.2) is 0 Å². The lowest BCUT2D eigenvalue weighted by molar-refractivity contribution is -0.140. The molecule has 0 saturated heterocycles. The van der Waals surface area contributed by atoms with E-state index >= 15 is 0 Å². The van der Waals surface area contributed by atoms with Crippen LogP contribution >= 0.6 is 0 Å². The van der Waals surface area contributed by atoms with Crippen LogP contribution in [0.3, 0.4) is 0 Å². The molecule has 1 unspecified atom stereocenters. The Kier molecular flexibility index (Phi) is 9.84. The fourth-order valence-electron chi connectivity index (χ4n) is 0.304. The monoisotopic (exact) mass is 192 g/mol. The minimum atomic E-state index is -1.21. The zero-order valence-corrected chi connectivity index (χ0v) is 7.27. The molecule has 0 aromatic heterocycles. The van der Waals surface area contributed by atoms with Crippen LogP contribution in [0.15, 0.2) is 0 Å². The largest absolute Gasteiger partial charge is 0.480 e. The Morgan fingerprint density at radius 1 is 1.23 bits per heavy atom. The molecule has 0 rings (SSSR count). The first-order valence-corrected chi connectivity index (χ1v) is 3.62. The van der Waals surface area contributed by atoms with E-state index in [0.29, 0.717) is 13.1 Å². The molecular formula is C6H16N4O3. The van der Waals surface area contributed by atoms with Gasteiger partial charge in [-0.1, -0.05) is 0 Å². The number of hydrogen-bond acceptors (Lipinski definition) is 5. The lowest BCUT2D eigenvalue weighted by Gasteiger charge is -1.99. The van der Waals surface area contributed by atoms with Crippen molar-refractivity contribution in [3.8, 4) is 0 Å². The van der Waals surface area contributed by atoms with Gasteiger partial charge in [-0.25, -0.2) is 0 Å². The maximum absolute atomic E-state index is 9.99. The summed E-state index contributed by atoms with van der Waals surface area (Å²) in [6, 6.07) is -1.16. The van der Waals surface area contributed by atoms with E-state index in [4.69, 9.17) is 22.3 Å². The summed E-state index contributed by atoms with van der Waals surface area (Å²) in [6.45, 7) is 1.19. The van der Waals surface area contributed by atoms with E-state index in [9.17, 15) is 9.59 Å². The standard InChI is InChI=1S/C4H8N2O3.C2H8N2/c5-2(4(8)9)1-3(6)7;3-1-2-4/h2H,1,5H2,(H2,6,7)(H,8,9);1-4H2. The minimum absolute atomic E-state index is 0.310. The zero-order chi connectivity index (χ0) is 10.9. The third-order valence-corrected chi connectivity index (χ3v) is 0.905. The number of carboxylic acids is 1. The predicted molar refractivity (Wildman–Crippen MR) is 47.5 cm³/mol. The van der Waals surface area contributed by atoms with E-state index in [1.807, 2.05) is 0 Å². The Labute approximate surface area is 76.0 Å². The van der Waals surface area contributed by atoms with Crippen LogP contribution in [0.2, 0.25) is 0 Å². The molecule has 1 atom stereocenters. The van der Waals surface area contributed by atoms with Gasteiger partial charge in [0.05, 0.1) is 6.42 Å². The summed E-state index contributed by atoms with van der Waals surface area (Å²) in [5.74, 6) is -1.92. The Balaban J connectivity index is 0. The van der Waals surface area contributed by atoms with Crippen molar-refractivity contribution in [3.63, 3.8) is 0 Å². The molecule has 13 heavy (non-hydrogen) atoms. The van der Waals surface area contributed by atoms with Gasteiger partial charge in [-0.15, -0.1) is 0 Å². The van der Waals surface area contributed by atoms with Gasteiger partial charge >= 0.3 is 5.97 Å². The van der Waals surface area contributed by atoms with E-state index in [1.165, 1.54) is 0 Å². The number of amides is 1. The van der Waals surface area contributed by atoms with Gasteiger partial charge in [-0.2, -0.15) is 0 Å². The highest BCUT2D eigenvalue weighted by atomic mass is 16.4. The molecule has 0 saturated carbocycles. The van der Waals surface area contributed by atoms with Crippen molar-refractivity contribution in [3.05, 3.63) is 0 Å². The maximum atomic E-state index is 9.99. The van der Waals surface area contributed by atoms with Gasteiger partial charge in [0.25, 0.3) is 0 Å². The molecule has 0 fully saturated rings. The van der Waals surface area contributed by atoms with Gasteiger partial charge in [-0.3, -0.25) is 9.59 Å². The summed E-state index contributed by atoms with van der Waals surface area (Å²) in [6.07, 6.45) is -0.310. The van der Waals surface area contributed by atoms with Crippen LogP contribution in [0, 0.1) is 0 Å². The molecule has 7 heteroatoms. The minimum Gasteiger partial charge on any atom is -0.480 e. The van der Waals surface area contributed by atoms with Crippen molar-refractivity contribution in [2.24, 2.45) is 22.9 Å². The number of hydrogen-bond donors (Lipinski definition) is 5. The fraction of sp³-hybridized carbons (Fsp3) is 0.667. The molecule has 0 aromatic rings. The zero-order valence-electron chi connectivity index (χ0n) is 7.27. The molecule has 0 aliphatic carbocycles. The molecule has 0 aromatic carbocycles. The summed E-state index contributed by atoms with van der Waals surface area (Å²) in [7, 11) is 0. The van der Waals surface area contributed by atoms with Gasteiger partial charge in [0.1, 0.15) is 6.04 Å². The summed E-state index contributed by atoms with van der Waals surface area (Å²) in [5, 5.41) is 8.10. The normalized spacial score (nSPS) is 11.0. The molecular weight excluding hydrogens is 176 g/mol. The van der Waals surface area contributed by atoms with E-state index in [-0.39, 0.29) is 6.42 Å². The quantitative estimate of drug-likeness (QED) is 0.323. The molecule has 0 aliphatic heterocycles. The van der Waals surface area contributed by atoms with Crippen molar-refractivity contribution in [1.29, 1.82) is 0 Å². The number of nitrogens with two attached hydrogens (primary N) is 4. The molecule has 0 bridgehead atoms. The maximum Gasteiger partial charge on any atom is 0.321 e. The molecule has 1 amide bonds. The van der Waals surface area contributed by atoms with Gasteiger partial charge in [0, 0.05) is 13.1 Å². The average molecular weight is 192 g/mol. The van der Waals surface area contributed by atoms with Crippen molar-refractivity contribution in [2.75, 3.05) is 13.1 Å². The number of rotatable bonds is 4. The average Bonchev–Trinajstić information content (AvgIpc) is 2.03. The molecule has 7 nitrogen and oxygen atoms in total.